The lowest BCUT2D eigenvalue weighted by Crippen LogP contribution is -2.26. The summed E-state index contributed by atoms with van der Waals surface area (Å²) < 4.78 is 0. The summed E-state index contributed by atoms with van der Waals surface area (Å²) in [6.07, 6.45) is 14.6. The van der Waals surface area contributed by atoms with Crippen molar-refractivity contribution >= 4 is 0 Å². The number of phenols is 2. The van der Waals surface area contributed by atoms with Gasteiger partial charge >= 0.3 is 0 Å². The fourth-order valence-electron chi connectivity index (χ4n) is 6.53. The van der Waals surface area contributed by atoms with Crippen LogP contribution in [0.5, 0.6) is 11.5 Å². The Bertz CT molecular complexity index is 906. The van der Waals surface area contributed by atoms with Crippen molar-refractivity contribution in [2.24, 2.45) is 0 Å². The van der Waals surface area contributed by atoms with Crippen LogP contribution in [0.1, 0.15) is 128 Å². The first kappa shape index (κ1) is 24.2. The molecule has 0 bridgehead atoms. The number of aryl methyl sites for hydroxylation is 2. The maximum absolute atomic E-state index is 11.5. The van der Waals surface area contributed by atoms with Gasteiger partial charge in [0.05, 0.1) is 0 Å². The molecule has 0 atom stereocenters. The van der Waals surface area contributed by atoms with E-state index in [1.54, 1.807) is 0 Å². The molecule has 0 amide bonds. The zero-order valence-electron chi connectivity index (χ0n) is 21.4. The normalized spacial score (nSPS) is 20.0. The van der Waals surface area contributed by atoms with E-state index in [9.17, 15) is 10.2 Å². The Hall–Kier alpha value is -1.96. The van der Waals surface area contributed by atoms with Crippen LogP contribution >= 0.6 is 0 Å². The molecule has 0 unspecified atom stereocenters. The molecule has 4 rings (SSSR count). The van der Waals surface area contributed by atoms with E-state index in [0.29, 0.717) is 17.9 Å². The van der Waals surface area contributed by atoms with Crippen LogP contribution in [-0.2, 0) is 30.1 Å². The predicted octanol–water partition coefficient (Wildman–Crippen LogP) is 8.75. The fraction of sp³-hybridized carbons (Fsp3) is 0.613. The van der Waals surface area contributed by atoms with Gasteiger partial charge < -0.3 is 10.2 Å². The van der Waals surface area contributed by atoms with Crippen molar-refractivity contribution in [2.45, 2.75) is 122 Å². The van der Waals surface area contributed by atoms with Crippen molar-refractivity contribution in [1.29, 1.82) is 0 Å². The highest BCUT2D eigenvalue weighted by molar-refractivity contribution is 5.54. The van der Waals surface area contributed by atoms with Crippen LogP contribution in [0.4, 0.5) is 0 Å². The maximum Gasteiger partial charge on any atom is 0.122 e. The number of hydrogen-bond acceptors (Lipinski definition) is 2. The molecule has 2 fully saturated rings. The first-order valence-electron chi connectivity index (χ1n) is 13.5. The minimum Gasteiger partial charge on any atom is -0.507 e. The Labute approximate surface area is 204 Å². The van der Waals surface area contributed by atoms with E-state index < -0.39 is 0 Å². The zero-order valence-corrected chi connectivity index (χ0v) is 21.4. The molecule has 0 aliphatic heterocycles. The van der Waals surface area contributed by atoms with Crippen molar-refractivity contribution in [3.8, 4) is 11.5 Å². The molecular weight excluding hydrogens is 404 g/mol. The summed E-state index contributed by atoms with van der Waals surface area (Å²) in [7, 11) is 0. The van der Waals surface area contributed by atoms with Gasteiger partial charge in [0.15, 0.2) is 0 Å². The van der Waals surface area contributed by atoms with Crippen molar-refractivity contribution in [1.82, 2.24) is 0 Å². The molecule has 0 spiro atoms. The number of aromatic hydroxyl groups is 2. The molecule has 33 heavy (non-hydrogen) atoms. The molecule has 2 aliphatic carbocycles. The number of rotatable bonds is 6. The molecule has 184 valence electrons. The predicted molar refractivity (Wildman–Crippen MR) is 143 cm³/mol. The number of hydrogen-bond donors (Lipinski definition) is 2. The molecule has 2 N–H and O–H groups in total. The van der Waals surface area contributed by atoms with Crippen LogP contribution in [0.3, 0.4) is 0 Å². The maximum atomic E-state index is 11.5. The summed E-state index contributed by atoms with van der Waals surface area (Å²) in [6, 6.07) is 8.85. The lowest BCUT2D eigenvalue weighted by molar-refractivity contribution is 0.306. The molecule has 0 saturated heterocycles. The third-order valence-corrected chi connectivity index (χ3v) is 8.91. The Morgan fingerprint density at radius 2 is 1.00 bits per heavy atom. The second kappa shape index (κ2) is 9.72. The molecule has 2 heteroatoms. The van der Waals surface area contributed by atoms with Crippen LogP contribution in [0.25, 0.3) is 0 Å². The second-order valence-electron chi connectivity index (χ2n) is 11.4. The van der Waals surface area contributed by atoms with Crippen LogP contribution in [0.15, 0.2) is 24.3 Å². The standard InChI is InChI=1S/C31H44O2.2H2/c1-5-22-17-24(28(32)26(19-22)30(3)13-9-7-10-14-30)21-25-18-23(6-2)20-27(29(25)33)31(4)15-11-8-12-16-31;;/h17-20,32-33H,5-16,21H2,1-4H3;2*1H. The number of benzene rings is 2. The molecule has 2 nitrogen and oxygen atoms in total. The third-order valence-electron chi connectivity index (χ3n) is 8.91. The van der Waals surface area contributed by atoms with E-state index in [-0.39, 0.29) is 13.7 Å². The lowest BCUT2D eigenvalue weighted by atomic mass is 9.69. The van der Waals surface area contributed by atoms with Crippen molar-refractivity contribution in [3.63, 3.8) is 0 Å². The summed E-state index contributed by atoms with van der Waals surface area (Å²) in [5, 5.41) is 23.0. The zero-order chi connectivity index (χ0) is 23.6. The van der Waals surface area contributed by atoms with Gasteiger partial charge in [0.1, 0.15) is 11.5 Å². The summed E-state index contributed by atoms with van der Waals surface area (Å²) in [5.41, 5.74) is 6.88. The molecule has 2 saturated carbocycles. The first-order valence-corrected chi connectivity index (χ1v) is 13.5. The second-order valence-corrected chi connectivity index (χ2v) is 11.4. The van der Waals surface area contributed by atoms with Gasteiger partial charge in [-0.05, 0) is 71.6 Å². The summed E-state index contributed by atoms with van der Waals surface area (Å²) in [6.45, 7) is 9.06. The Morgan fingerprint density at radius 1 is 0.636 bits per heavy atom. The summed E-state index contributed by atoms with van der Waals surface area (Å²) in [4.78, 5) is 0. The van der Waals surface area contributed by atoms with Crippen LogP contribution in [-0.4, -0.2) is 10.2 Å². The molecular formula is C31H48O2. The lowest BCUT2D eigenvalue weighted by Gasteiger charge is -2.36. The molecule has 0 radical (unpaired) electrons. The van der Waals surface area contributed by atoms with Gasteiger partial charge in [-0.15, -0.1) is 0 Å². The van der Waals surface area contributed by atoms with E-state index in [0.717, 1.165) is 60.8 Å². The van der Waals surface area contributed by atoms with E-state index >= 15 is 0 Å². The summed E-state index contributed by atoms with van der Waals surface area (Å²) >= 11 is 0. The largest absolute Gasteiger partial charge is 0.507 e. The molecule has 0 aromatic heterocycles. The van der Waals surface area contributed by atoms with Crippen molar-refractivity contribution in [2.75, 3.05) is 0 Å². The van der Waals surface area contributed by atoms with Gasteiger partial charge in [0, 0.05) is 20.4 Å². The van der Waals surface area contributed by atoms with Gasteiger partial charge in [0.2, 0.25) is 0 Å². The Balaban J connectivity index is 0.00000216. The van der Waals surface area contributed by atoms with Crippen LogP contribution in [0.2, 0.25) is 0 Å². The smallest absolute Gasteiger partial charge is 0.122 e. The van der Waals surface area contributed by atoms with Crippen LogP contribution in [0, 0.1) is 0 Å². The van der Waals surface area contributed by atoms with E-state index in [1.165, 1.54) is 49.7 Å². The SMILES string of the molecule is CCc1cc(Cc2cc(CC)cc(C3(C)CCCCC3)c2O)c(O)c(C2(C)CCCCC2)c1.[HH].[HH]. The van der Waals surface area contributed by atoms with Gasteiger partial charge in [-0.3, -0.25) is 0 Å². The number of phenolic OH excluding ortho intramolecular Hbond substituents is 2. The average Bonchev–Trinajstić information content (AvgIpc) is 2.82. The van der Waals surface area contributed by atoms with Gasteiger partial charge in [-0.2, -0.15) is 0 Å². The molecule has 2 aromatic carbocycles. The third kappa shape index (κ3) is 4.81. The Kier molecular flexibility index (Phi) is 7.12. The van der Waals surface area contributed by atoms with Crippen molar-refractivity contribution in [3.05, 3.63) is 57.6 Å². The quantitative estimate of drug-likeness (QED) is 0.460. The Morgan fingerprint density at radius 3 is 1.33 bits per heavy atom. The highest BCUT2D eigenvalue weighted by Crippen LogP contribution is 2.47. The van der Waals surface area contributed by atoms with E-state index in [4.69, 9.17) is 0 Å². The monoisotopic (exact) mass is 452 g/mol. The highest BCUT2D eigenvalue weighted by atomic mass is 16.3. The first-order chi connectivity index (χ1) is 15.8. The molecule has 2 aliphatic rings. The van der Waals surface area contributed by atoms with Crippen LogP contribution < -0.4 is 0 Å². The summed E-state index contributed by atoms with van der Waals surface area (Å²) in [5.74, 6) is 0.923. The van der Waals surface area contributed by atoms with Gasteiger partial charge in [0.25, 0.3) is 0 Å². The van der Waals surface area contributed by atoms with E-state index in [1.807, 2.05) is 0 Å². The highest BCUT2D eigenvalue weighted by Gasteiger charge is 2.34. The minimum absolute atomic E-state index is 0. The van der Waals surface area contributed by atoms with Gasteiger partial charge in [-0.25, -0.2) is 0 Å². The topological polar surface area (TPSA) is 40.5 Å². The van der Waals surface area contributed by atoms with Gasteiger partial charge in [-0.1, -0.05) is 90.5 Å². The van der Waals surface area contributed by atoms with Crippen molar-refractivity contribution < 1.29 is 13.1 Å². The van der Waals surface area contributed by atoms with E-state index in [2.05, 4.69) is 52.0 Å². The average molecular weight is 453 g/mol. The molecule has 2 aromatic rings. The minimum atomic E-state index is 0. The molecule has 0 heterocycles. The fourth-order valence-corrected chi connectivity index (χ4v) is 6.53.